The first kappa shape index (κ1) is 36.6. The number of likely N-dealkylation sites (tertiary alicyclic amines) is 1. The van der Waals surface area contributed by atoms with Crippen LogP contribution in [0.1, 0.15) is 91.9 Å². The van der Waals surface area contributed by atoms with Crippen LogP contribution in [0.5, 0.6) is 0 Å². The number of carbonyl (C=O) groups excluding carboxylic acids is 5. The van der Waals surface area contributed by atoms with Crippen LogP contribution in [0.2, 0.25) is 0 Å². The monoisotopic (exact) mass is 561 g/mol. The van der Waals surface area contributed by atoms with Crippen LogP contribution in [0.25, 0.3) is 0 Å². The van der Waals surface area contributed by atoms with Crippen molar-refractivity contribution in [2.45, 2.75) is 110 Å². The third kappa shape index (κ3) is 12.2. The van der Waals surface area contributed by atoms with Crippen LogP contribution in [0, 0.1) is 18.3 Å². The van der Waals surface area contributed by atoms with Gasteiger partial charge in [0.1, 0.15) is 12.1 Å². The zero-order valence-electron chi connectivity index (χ0n) is 25.1. The van der Waals surface area contributed by atoms with E-state index in [0.717, 1.165) is 32.1 Å². The maximum atomic E-state index is 13.6. The van der Waals surface area contributed by atoms with Gasteiger partial charge in [-0.1, -0.05) is 59.5 Å². The molecule has 1 aliphatic carbocycles. The average Bonchev–Trinajstić information content (AvgIpc) is 3.48. The number of amides is 5. The van der Waals surface area contributed by atoms with Crippen LogP contribution < -0.4 is 21.3 Å². The quantitative estimate of drug-likeness (QED) is 0.175. The van der Waals surface area contributed by atoms with Gasteiger partial charge < -0.3 is 26.2 Å². The first-order valence-electron chi connectivity index (χ1n) is 14.7. The normalized spacial score (nSPS) is 17.7. The van der Waals surface area contributed by atoms with Gasteiger partial charge >= 0.3 is 6.03 Å². The third-order valence-electron chi connectivity index (χ3n) is 6.58. The second-order valence-electron chi connectivity index (χ2n) is 9.66. The number of hydrogen-bond acceptors (Lipinski definition) is 5. The molecular weight excluding hydrogens is 510 g/mol. The Bertz CT molecular complexity index is 863. The Morgan fingerprint density at radius 2 is 1.65 bits per heavy atom. The molecule has 0 aromatic heterocycles. The molecule has 4 N–H and O–H groups in total. The van der Waals surface area contributed by atoms with Crippen LogP contribution in [0.3, 0.4) is 0 Å². The predicted molar refractivity (Wildman–Crippen MR) is 158 cm³/mol. The Balaban J connectivity index is 0.00000284. The SMILES string of the molecule is C#CCCC(NC(=O)C1CCCN1C(=O)C(NC(=O)NC)C1CCCCC1)C(=O)C(=O)NCC=C.CC.CCC. The van der Waals surface area contributed by atoms with E-state index in [4.69, 9.17) is 6.42 Å². The largest absolute Gasteiger partial charge is 0.346 e. The van der Waals surface area contributed by atoms with Crippen molar-refractivity contribution in [2.24, 2.45) is 5.92 Å². The second kappa shape index (κ2) is 21.5. The maximum Gasteiger partial charge on any atom is 0.315 e. The second-order valence-corrected chi connectivity index (χ2v) is 9.66. The van der Waals surface area contributed by atoms with Crippen molar-refractivity contribution in [2.75, 3.05) is 20.1 Å². The molecule has 10 heteroatoms. The molecule has 1 saturated carbocycles. The Kier molecular flexibility index (Phi) is 19.7. The van der Waals surface area contributed by atoms with E-state index >= 15 is 0 Å². The van der Waals surface area contributed by atoms with Gasteiger partial charge in [-0.2, -0.15) is 0 Å². The minimum Gasteiger partial charge on any atom is -0.346 e. The highest BCUT2D eigenvalue weighted by Gasteiger charge is 2.41. The minimum atomic E-state index is -1.10. The summed E-state index contributed by atoms with van der Waals surface area (Å²) in [5, 5.41) is 10.3. The van der Waals surface area contributed by atoms with Crippen molar-refractivity contribution in [3.05, 3.63) is 12.7 Å². The van der Waals surface area contributed by atoms with Crippen LogP contribution in [-0.4, -0.2) is 72.7 Å². The first-order chi connectivity index (χ1) is 19.2. The zero-order chi connectivity index (χ0) is 30.5. The summed E-state index contributed by atoms with van der Waals surface area (Å²) in [7, 11) is 1.49. The van der Waals surface area contributed by atoms with E-state index in [1.165, 1.54) is 24.4 Å². The summed E-state index contributed by atoms with van der Waals surface area (Å²) in [5.41, 5.74) is 0. The van der Waals surface area contributed by atoms with Crippen molar-refractivity contribution in [3.63, 3.8) is 0 Å². The van der Waals surface area contributed by atoms with Gasteiger partial charge in [-0.25, -0.2) is 4.79 Å². The van der Waals surface area contributed by atoms with Crippen molar-refractivity contribution in [3.8, 4) is 12.3 Å². The number of Topliss-reactive ketones (excluding diaryl/α,β-unsaturated/α-hetero) is 1. The lowest BCUT2D eigenvalue weighted by atomic mass is 9.83. The topological polar surface area (TPSA) is 137 Å². The number of hydrogen-bond donors (Lipinski definition) is 4. The molecule has 0 radical (unpaired) electrons. The van der Waals surface area contributed by atoms with Gasteiger partial charge in [0, 0.05) is 26.6 Å². The van der Waals surface area contributed by atoms with E-state index in [0.29, 0.717) is 19.4 Å². The van der Waals surface area contributed by atoms with Gasteiger partial charge in [0.05, 0.1) is 6.04 Å². The molecule has 0 bridgehead atoms. The Morgan fingerprint density at radius 3 is 2.20 bits per heavy atom. The Morgan fingerprint density at radius 1 is 1.02 bits per heavy atom. The first-order valence-corrected chi connectivity index (χ1v) is 14.7. The van der Waals surface area contributed by atoms with E-state index < -0.39 is 41.8 Å². The molecule has 0 spiro atoms. The molecule has 3 atom stereocenters. The van der Waals surface area contributed by atoms with E-state index in [9.17, 15) is 24.0 Å². The fraction of sp³-hybridized carbons (Fsp3) is 0.700. The Labute approximate surface area is 240 Å². The minimum absolute atomic E-state index is 0.00336. The zero-order valence-corrected chi connectivity index (χ0v) is 25.1. The molecule has 2 rings (SSSR count). The summed E-state index contributed by atoms with van der Waals surface area (Å²) >= 11 is 0. The highest BCUT2D eigenvalue weighted by atomic mass is 16.2. The van der Waals surface area contributed by atoms with Crippen LogP contribution in [0.15, 0.2) is 12.7 Å². The van der Waals surface area contributed by atoms with Gasteiger partial charge in [-0.15, -0.1) is 18.9 Å². The number of terminal acetylenes is 1. The molecule has 2 fully saturated rings. The van der Waals surface area contributed by atoms with Crippen molar-refractivity contribution in [1.82, 2.24) is 26.2 Å². The maximum absolute atomic E-state index is 13.6. The lowest BCUT2D eigenvalue weighted by molar-refractivity contribution is -0.143. The molecule has 2 aliphatic rings. The molecule has 1 saturated heterocycles. The predicted octanol–water partition coefficient (Wildman–Crippen LogP) is 3.07. The summed E-state index contributed by atoms with van der Waals surface area (Å²) in [6.07, 6.45) is 14.1. The molecule has 0 aromatic carbocycles. The van der Waals surface area contributed by atoms with Crippen molar-refractivity contribution >= 4 is 29.5 Å². The van der Waals surface area contributed by atoms with Crippen LogP contribution in [0.4, 0.5) is 4.79 Å². The number of nitrogens with one attached hydrogen (secondary N) is 4. The summed E-state index contributed by atoms with van der Waals surface area (Å²) in [6, 6.07) is -3.07. The molecule has 3 unspecified atom stereocenters. The van der Waals surface area contributed by atoms with Crippen molar-refractivity contribution < 1.29 is 24.0 Å². The molecule has 0 aromatic rings. The number of ketones is 1. The van der Waals surface area contributed by atoms with Gasteiger partial charge in [0.15, 0.2) is 0 Å². The number of rotatable bonds is 11. The fourth-order valence-electron chi connectivity index (χ4n) is 4.72. The van der Waals surface area contributed by atoms with Crippen molar-refractivity contribution in [1.29, 1.82) is 0 Å². The molecule has 10 nitrogen and oxygen atoms in total. The number of urea groups is 1. The summed E-state index contributed by atoms with van der Waals surface area (Å²) in [5.74, 6) is -0.0254. The van der Waals surface area contributed by atoms with Gasteiger partial charge in [0.25, 0.3) is 5.91 Å². The molecule has 40 heavy (non-hydrogen) atoms. The highest BCUT2D eigenvalue weighted by molar-refractivity contribution is 6.38. The van der Waals surface area contributed by atoms with Crippen LogP contribution in [-0.2, 0) is 19.2 Å². The number of nitrogens with zero attached hydrogens (tertiary/aromatic N) is 1. The molecular formula is C30H51N5O5. The smallest absolute Gasteiger partial charge is 0.315 e. The average molecular weight is 562 g/mol. The standard InChI is InChI=1S/C25H37N5O5.C3H8.C2H6/c1-4-6-13-18(21(31)23(33)27-15-5-2)28-22(32)19-14-10-16-30(19)24(34)20(29-25(35)26-3)17-11-8-7-9-12-17;1-3-2;1-2/h1,5,17-20H,2,6-16H2,3H3,(H,27,33)(H,28,32)(H2,26,29,35);3H2,1-2H3;1-2H3. The molecule has 1 heterocycles. The summed E-state index contributed by atoms with van der Waals surface area (Å²) in [4.78, 5) is 65.1. The lowest BCUT2D eigenvalue weighted by Gasteiger charge is -2.34. The molecule has 5 amide bonds. The third-order valence-corrected chi connectivity index (χ3v) is 6.58. The van der Waals surface area contributed by atoms with E-state index in [2.05, 4.69) is 47.6 Å². The van der Waals surface area contributed by atoms with Crippen LogP contribution >= 0.6 is 0 Å². The summed E-state index contributed by atoms with van der Waals surface area (Å²) < 4.78 is 0. The Hall–Kier alpha value is -3.35. The van der Waals surface area contributed by atoms with Gasteiger partial charge in [0.2, 0.25) is 17.6 Å². The summed E-state index contributed by atoms with van der Waals surface area (Å²) in [6.45, 7) is 12.2. The van der Waals surface area contributed by atoms with Gasteiger partial charge in [-0.05, 0) is 38.0 Å². The highest BCUT2D eigenvalue weighted by Crippen LogP contribution is 2.29. The van der Waals surface area contributed by atoms with Gasteiger partial charge in [-0.3, -0.25) is 19.2 Å². The lowest BCUT2D eigenvalue weighted by Crippen LogP contribution is -2.58. The molecule has 1 aliphatic heterocycles. The fourth-order valence-corrected chi connectivity index (χ4v) is 4.72. The molecule has 226 valence electrons. The van der Waals surface area contributed by atoms with E-state index in [1.54, 1.807) is 0 Å². The number of carbonyl (C=O) groups is 5. The van der Waals surface area contributed by atoms with E-state index in [-0.39, 0.29) is 31.2 Å². The van der Waals surface area contributed by atoms with E-state index in [1.807, 2.05) is 13.8 Å².